The second-order valence-electron chi connectivity index (χ2n) is 7.18. The Morgan fingerprint density at radius 2 is 1.77 bits per heavy atom. The van der Waals surface area contributed by atoms with Crippen LogP contribution >= 0.6 is 11.3 Å². The first kappa shape index (κ1) is 23.6. The summed E-state index contributed by atoms with van der Waals surface area (Å²) in [5.41, 5.74) is 1.91. The normalized spacial score (nSPS) is 11.3. The topological polar surface area (TPSA) is 107 Å². The Hall–Kier alpha value is -4.57. The summed E-state index contributed by atoms with van der Waals surface area (Å²) in [6.07, 6.45) is 4.35. The Labute approximate surface area is 204 Å². The van der Waals surface area contributed by atoms with Crippen LogP contribution in [-0.4, -0.2) is 36.2 Å². The number of carbonyl (C=O) groups is 1. The van der Waals surface area contributed by atoms with E-state index in [1.54, 1.807) is 50.8 Å². The van der Waals surface area contributed by atoms with Crippen molar-refractivity contribution in [2.45, 2.75) is 0 Å². The number of non-ortho nitro benzene ring substituents is 1. The molecular formula is C25H20N4O5S. The Balaban J connectivity index is 1.67. The minimum atomic E-state index is -0.486. The van der Waals surface area contributed by atoms with Crippen LogP contribution in [0.4, 0.5) is 10.8 Å². The van der Waals surface area contributed by atoms with Crippen LogP contribution < -0.4 is 14.5 Å². The molecule has 0 unspecified atom stereocenters. The molecule has 35 heavy (non-hydrogen) atoms. The zero-order valence-electron chi connectivity index (χ0n) is 18.8. The molecule has 0 N–H and O–H groups in total. The largest absolute Gasteiger partial charge is 0.497 e. The molecule has 0 radical (unpaired) electrons. The van der Waals surface area contributed by atoms with E-state index in [9.17, 15) is 14.9 Å². The van der Waals surface area contributed by atoms with Crippen LogP contribution in [0.3, 0.4) is 0 Å². The number of rotatable bonds is 8. The van der Waals surface area contributed by atoms with Crippen LogP contribution in [0.2, 0.25) is 0 Å². The molecule has 176 valence electrons. The van der Waals surface area contributed by atoms with Gasteiger partial charge in [-0.1, -0.05) is 23.5 Å². The first-order valence-electron chi connectivity index (χ1n) is 10.4. The van der Waals surface area contributed by atoms with Gasteiger partial charge in [0.15, 0.2) is 0 Å². The van der Waals surface area contributed by atoms with Crippen molar-refractivity contribution >= 4 is 50.6 Å². The number of thiazole rings is 1. The number of methoxy groups -OCH3 is 2. The number of hydrogen-bond donors (Lipinski definition) is 0. The molecule has 0 spiro atoms. The molecule has 0 saturated carbocycles. The highest BCUT2D eigenvalue weighted by Crippen LogP contribution is 2.32. The van der Waals surface area contributed by atoms with Crippen molar-refractivity contribution in [2.24, 2.45) is 5.10 Å². The molecule has 1 amide bonds. The second kappa shape index (κ2) is 10.6. The van der Waals surface area contributed by atoms with Crippen LogP contribution in [0, 0.1) is 10.1 Å². The molecule has 0 aliphatic heterocycles. The molecule has 4 aromatic rings. The minimum Gasteiger partial charge on any atom is -0.497 e. The Bertz CT molecular complexity index is 1430. The maximum atomic E-state index is 13.2. The number of nitrogens with zero attached hydrogens (tertiary/aromatic N) is 4. The highest BCUT2D eigenvalue weighted by molar-refractivity contribution is 7.22. The number of nitro groups is 1. The van der Waals surface area contributed by atoms with Crippen molar-refractivity contribution in [1.82, 2.24) is 4.98 Å². The maximum Gasteiger partial charge on any atom is 0.273 e. The molecule has 10 heteroatoms. The summed E-state index contributed by atoms with van der Waals surface area (Å²) in [5.74, 6) is 0.917. The number of ether oxygens (including phenoxy) is 2. The zero-order valence-corrected chi connectivity index (χ0v) is 19.6. The van der Waals surface area contributed by atoms with E-state index >= 15 is 0 Å². The first-order valence-corrected chi connectivity index (χ1v) is 11.2. The van der Waals surface area contributed by atoms with Crippen molar-refractivity contribution in [3.8, 4) is 11.5 Å². The van der Waals surface area contributed by atoms with E-state index in [-0.39, 0.29) is 5.69 Å². The third-order valence-electron chi connectivity index (χ3n) is 4.91. The number of carbonyl (C=O) groups excluding carboxylic acids is 1. The zero-order chi connectivity index (χ0) is 24.8. The standard InChI is InChI=1S/C25H20N4O5S/c1-33-20-9-6-18(7-10-20)16-26-28(25-27-22-12-11-21(34-2)15-23(22)35-25)24(30)13-8-17-4-3-5-19(14-17)29(31)32/h3-16H,1-2H3/b13-8+,26-16+. The number of hydrazone groups is 1. The molecule has 1 heterocycles. The average molecular weight is 489 g/mol. The quantitative estimate of drug-likeness (QED) is 0.144. The molecule has 0 aliphatic carbocycles. The van der Waals surface area contributed by atoms with Gasteiger partial charge in [0, 0.05) is 18.2 Å². The third kappa shape index (κ3) is 5.68. The van der Waals surface area contributed by atoms with Gasteiger partial charge in [-0.25, -0.2) is 4.98 Å². The number of hydrogen-bond acceptors (Lipinski definition) is 8. The van der Waals surface area contributed by atoms with E-state index in [1.807, 2.05) is 24.3 Å². The lowest BCUT2D eigenvalue weighted by molar-refractivity contribution is -0.384. The van der Waals surface area contributed by atoms with E-state index in [0.717, 1.165) is 10.3 Å². The highest BCUT2D eigenvalue weighted by atomic mass is 32.1. The van der Waals surface area contributed by atoms with Crippen molar-refractivity contribution in [3.63, 3.8) is 0 Å². The fourth-order valence-corrected chi connectivity index (χ4v) is 4.06. The summed E-state index contributed by atoms with van der Waals surface area (Å²) < 4.78 is 11.3. The van der Waals surface area contributed by atoms with Crippen LogP contribution in [0.15, 0.2) is 77.9 Å². The molecule has 4 rings (SSSR count). The van der Waals surface area contributed by atoms with Gasteiger partial charge >= 0.3 is 0 Å². The Morgan fingerprint density at radius 3 is 2.49 bits per heavy atom. The van der Waals surface area contributed by atoms with Crippen LogP contribution in [-0.2, 0) is 4.79 Å². The fraction of sp³-hybridized carbons (Fsp3) is 0.0800. The van der Waals surface area contributed by atoms with E-state index in [4.69, 9.17) is 9.47 Å². The highest BCUT2D eigenvalue weighted by Gasteiger charge is 2.18. The molecule has 0 saturated heterocycles. The second-order valence-corrected chi connectivity index (χ2v) is 8.19. The SMILES string of the molecule is COc1ccc(/C=N/N(C(=O)/C=C/c2cccc([N+](=O)[O-])c2)c2nc3ccc(OC)cc3s2)cc1. The summed E-state index contributed by atoms with van der Waals surface area (Å²) in [7, 11) is 3.16. The molecule has 9 nitrogen and oxygen atoms in total. The summed E-state index contributed by atoms with van der Waals surface area (Å²) in [4.78, 5) is 28.3. The summed E-state index contributed by atoms with van der Waals surface area (Å²) in [6, 6.07) is 18.7. The van der Waals surface area contributed by atoms with E-state index in [2.05, 4.69) is 10.1 Å². The van der Waals surface area contributed by atoms with Gasteiger partial charge in [0.05, 0.1) is 35.6 Å². The fourth-order valence-electron chi connectivity index (χ4n) is 3.11. The smallest absolute Gasteiger partial charge is 0.273 e. The predicted molar refractivity (Wildman–Crippen MR) is 136 cm³/mol. The Morgan fingerprint density at radius 1 is 1.03 bits per heavy atom. The number of nitro benzene ring substituents is 1. The van der Waals surface area contributed by atoms with Crippen LogP contribution in [0.25, 0.3) is 16.3 Å². The molecule has 3 aromatic carbocycles. The number of anilines is 1. The predicted octanol–water partition coefficient (Wildman–Crippen LogP) is 5.30. The van der Waals surface area contributed by atoms with Crippen molar-refractivity contribution in [3.05, 3.63) is 94.0 Å². The third-order valence-corrected chi connectivity index (χ3v) is 5.91. The number of amides is 1. The minimum absolute atomic E-state index is 0.0610. The summed E-state index contributed by atoms with van der Waals surface area (Å²) >= 11 is 1.29. The van der Waals surface area contributed by atoms with Crippen LogP contribution in [0.5, 0.6) is 11.5 Å². The number of fused-ring (bicyclic) bond motifs is 1. The molecule has 0 fully saturated rings. The van der Waals surface area contributed by atoms with Gasteiger partial charge in [-0.05, 0) is 59.7 Å². The van der Waals surface area contributed by atoms with Gasteiger partial charge in [0.2, 0.25) is 5.13 Å². The summed E-state index contributed by atoms with van der Waals surface area (Å²) in [5, 5.41) is 17.0. The molecule has 0 bridgehead atoms. The van der Waals surface area contributed by atoms with Crippen molar-refractivity contribution < 1.29 is 19.2 Å². The van der Waals surface area contributed by atoms with Gasteiger partial charge in [0.25, 0.3) is 11.6 Å². The number of benzene rings is 3. The Kier molecular flexibility index (Phi) is 7.12. The van der Waals surface area contributed by atoms with E-state index < -0.39 is 10.8 Å². The van der Waals surface area contributed by atoms with Gasteiger partial charge < -0.3 is 9.47 Å². The van der Waals surface area contributed by atoms with Gasteiger partial charge in [-0.15, -0.1) is 0 Å². The lowest BCUT2D eigenvalue weighted by atomic mass is 10.2. The summed E-state index contributed by atoms with van der Waals surface area (Å²) in [6.45, 7) is 0. The average Bonchev–Trinajstić information content (AvgIpc) is 3.31. The van der Waals surface area contributed by atoms with E-state index in [0.29, 0.717) is 27.7 Å². The van der Waals surface area contributed by atoms with E-state index in [1.165, 1.54) is 40.6 Å². The van der Waals surface area contributed by atoms with Crippen molar-refractivity contribution in [2.75, 3.05) is 19.2 Å². The van der Waals surface area contributed by atoms with Gasteiger partial charge in [0.1, 0.15) is 11.5 Å². The van der Waals surface area contributed by atoms with Crippen LogP contribution in [0.1, 0.15) is 11.1 Å². The number of aromatic nitrogens is 1. The molecule has 0 aliphatic rings. The molecule has 1 aromatic heterocycles. The molecular weight excluding hydrogens is 468 g/mol. The monoisotopic (exact) mass is 488 g/mol. The lowest BCUT2D eigenvalue weighted by Gasteiger charge is -2.11. The van der Waals surface area contributed by atoms with Gasteiger partial charge in [-0.3, -0.25) is 14.9 Å². The maximum absolute atomic E-state index is 13.2. The van der Waals surface area contributed by atoms with Gasteiger partial charge in [-0.2, -0.15) is 10.1 Å². The van der Waals surface area contributed by atoms with Crippen molar-refractivity contribution in [1.29, 1.82) is 0 Å². The molecule has 0 atom stereocenters. The first-order chi connectivity index (χ1) is 17.0. The lowest BCUT2D eigenvalue weighted by Crippen LogP contribution is -2.23.